The quantitative estimate of drug-likeness (QED) is 0.171. The van der Waals surface area contributed by atoms with Crippen LogP contribution in [0.25, 0.3) is 67.0 Å². The minimum Gasteiger partial charge on any atom is -0.456 e. The Balaban J connectivity index is 1.19. The molecule has 4 heteroatoms. The van der Waals surface area contributed by atoms with E-state index >= 15 is 0 Å². The molecule has 51 heavy (non-hydrogen) atoms. The maximum absolute atomic E-state index is 6.63. The highest BCUT2D eigenvalue weighted by Crippen LogP contribution is 2.44. The molecule has 9 aromatic rings. The number of aromatic nitrogens is 2. The minimum atomic E-state index is 0.658. The predicted molar refractivity (Wildman–Crippen MR) is 210 cm³/mol. The molecule has 0 saturated heterocycles. The summed E-state index contributed by atoms with van der Waals surface area (Å²) in [5.41, 5.74) is 13.1. The van der Waals surface area contributed by atoms with Gasteiger partial charge in [-0.05, 0) is 66.6 Å². The molecule has 0 aliphatic heterocycles. The molecule has 0 amide bonds. The van der Waals surface area contributed by atoms with Crippen LogP contribution in [-0.4, -0.2) is 9.97 Å². The van der Waals surface area contributed by atoms with Crippen LogP contribution in [0.1, 0.15) is 5.56 Å². The van der Waals surface area contributed by atoms with Crippen LogP contribution in [0.2, 0.25) is 0 Å². The van der Waals surface area contributed by atoms with E-state index in [1.54, 1.807) is 0 Å². The Morgan fingerprint density at radius 1 is 0.431 bits per heavy atom. The lowest BCUT2D eigenvalue weighted by atomic mass is 10.0. The molecule has 0 unspecified atom stereocenters. The highest BCUT2D eigenvalue weighted by atomic mass is 16.3. The van der Waals surface area contributed by atoms with Crippen LogP contribution in [0.5, 0.6) is 0 Å². The van der Waals surface area contributed by atoms with Crippen molar-refractivity contribution in [3.8, 4) is 45.0 Å². The molecule has 0 bridgehead atoms. The van der Waals surface area contributed by atoms with Gasteiger partial charge in [0.1, 0.15) is 11.2 Å². The smallest absolute Gasteiger partial charge is 0.160 e. The van der Waals surface area contributed by atoms with Crippen molar-refractivity contribution in [3.05, 3.63) is 188 Å². The molecule has 0 fully saturated rings. The lowest BCUT2D eigenvalue weighted by molar-refractivity contribution is 0.669. The van der Waals surface area contributed by atoms with Gasteiger partial charge in [-0.15, -0.1) is 0 Å². The van der Waals surface area contributed by atoms with Crippen molar-refractivity contribution < 1.29 is 4.42 Å². The van der Waals surface area contributed by atoms with Crippen molar-refractivity contribution in [1.29, 1.82) is 0 Å². The van der Waals surface area contributed by atoms with Gasteiger partial charge in [-0.3, -0.25) is 0 Å². The summed E-state index contributed by atoms with van der Waals surface area (Å²) in [4.78, 5) is 12.6. The Kier molecular flexibility index (Phi) is 7.67. The first-order valence-corrected chi connectivity index (χ1v) is 17.2. The summed E-state index contributed by atoms with van der Waals surface area (Å²) in [6.07, 6.45) is 0. The van der Waals surface area contributed by atoms with Gasteiger partial charge in [0, 0.05) is 39.0 Å². The van der Waals surface area contributed by atoms with Crippen molar-refractivity contribution in [1.82, 2.24) is 9.97 Å². The van der Waals surface area contributed by atoms with Gasteiger partial charge in [-0.2, -0.15) is 0 Å². The summed E-state index contributed by atoms with van der Waals surface area (Å²) >= 11 is 0. The first-order chi connectivity index (χ1) is 25.2. The summed E-state index contributed by atoms with van der Waals surface area (Å²) in [5, 5.41) is 2.08. The molecule has 2 aromatic heterocycles. The third-order valence-electron chi connectivity index (χ3n) is 9.46. The summed E-state index contributed by atoms with van der Waals surface area (Å²) in [6, 6.07) is 63.0. The van der Waals surface area contributed by atoms with E-state index in [1.165, 1.54) is 11.1 Å². The number of nitrogens with zero attached hydrogens (tertiary/aromatic N) is 3. The fourth-order valence-electron chi connectivity index (χ4n) is 6.97. The van der Waals surface area contributed by atoms with E-state index in [1.807, 2.05) is 48.5 Å². The Morgan fingerprint density at radius 2 is 0.941 bits per heavy atom. The van der Waals surface area contributed by atoms with Gasteiger partial charge in [-0.1, -0.05) is 133 Å². The summed E-state index contributed by atoms with van der Waals surface area (Å²) in [7, 11) is 0. The fourth-order valence-corrected chi connectivity index (χ4v) is 6.97. The molecule has 0 radical (unpaired) electrons. The molecule has 0 spiro atoms. The van der Waals surface area contributed by atoms with Gasteiger partial charge in [0.2, 0.25) is 0 Å². The average molecular weight is 656 g/mol. The molecule has 7 aromatic carbocycles. The molecule has 0 N–H and O–H groups in total. The van der Waals surface area contributed by atoms with E-state index in [4.69, 9.17) is 14.4 Å². The van der Waals surface area contributed by atoms with Gasteiger partial charge < -0.3 is 9.32 Å². The molecule has 4 nitrogen and oxygen atoms in total. The van der Waals surface area contributed by atoms with Gasteiger partial charge in [0.15, 0.2) is 5.82 Å². The molecule has 0 aliphatic carbocycles. The van der Waals surface area contributed by atoms with Crippen molar-refractivity contribution in [2.24, 2.45) is 0 Å². The normalized spacial score (nSPS) is 11.2. The fraction of sp³-hybridized carbons (Fsp3) is 0.0213. The molecule has 2 heterocycles. The number of anilines is 3. The number of hydrogen-bond donors (Lipinski definition) is 0. The second kappa shape index (κ2) is 12.9. The number of rotatable bonds is 7. The molecule has 0 saturated carbocycles. The van der Waals surface area contributed by atoms with Gasteiger partial charge in [0.25, 0.3) is 0 Å². The third-order valence-corrected chi connectivity index (χ3v) is 9.46. The molecular formula is C47H33N3O. The molecule has 9 rings (SSSR count). The van der Waals surface area contributed by atoms with Crippen LogP contribution in [0.3, 0.4) is 0 Å². The van der Waals surface area contributed by atoms with Crippen molar-refractivity contribution >= 4 is 39.0 Å². The second-order valence-electron chi connectivity index (χ2n) is 12.6. The van der Waals surface area contributed by atoms with Crippen LogP contribution in [0.15, 0.2) is 186 Å². The zero-order valence-corrected chi connectivity index (χ0v) is 28.1. The van der Waals surface area contributed by atoms with E-state index in [2.05, 4.69) is 145 Å². The Labute approximate surface area is 296 Å². The number of fused-ring (bicyclic) bond motifs is 3. The van der Waals surface area contributed by atoms with E-state index in [0.29, 0.717) is 5.82 Å². The van der Waals surface area contributed by atoms with Crippen LogP contribution in [0, 0.1) is 6.92 Å². The average Bonchev–Trinajstić information content (AvgIpc) is 3.58. The van der Waals surface area contributed by atoms with Crippen molar-refractivity contribution in [2.45, 2.75) is 6.92 Å². The third kappa shape index (κ3) is 5.63. The van der Waals surface area contributed by atoms with Gasteiger partial charge in [-0.25, -0.2) is 9.97 Å². The second-order valence-corrected chi connectivity index (χ2v) is 12.6. The molecule has 0 atom stereocenters. The monoisotopic (exact) mass is 655 g/mol. The number of hydrogen-bond acceptors (Lipinski definition) is 4. The first kappa shape index (κ1) is 30.3. The topological polar surface area (TPSA) is 42.2 Å². The van der Waals surface area contributed by atoms with E-state index < -0.39 is 0 Å². The van der Waals surface area contributed by atoms with Gasteiger partial charge in [0.05, 0.1) is 22.5 Å². The Bertz CT molecular complexity index is 2560. The number of benzene rings is 7. The summed E-state index contributed by atoms with van der Waals surface area (Å²) in [6.45, 7) is 2.10. The van der Waals surface area contributed by atoms with E-state index in [-0.39, 0.29) is 0 Å². The Hall–Kier alpha value is -6.78. The maximum atomic E-state index is 6.63. The lowest BCUT2D eigenvalue weighted by Gasteiger charge is -2.26. The highest BCUT2D eigenvalue weighted by Gasteiger charge is 2.21. The molecular weight excluding hydrogens is 623 g/mol. The van der Waals surface area contributed by atoms with Crippen LogP contribution < -0.4 is 4.90 Å². The highest BCUT2D eigenvalue weighted by molar-refractivity contribution is 6.14. The summed E-state index contributed by atoms with van der Waals surface area (Å²) < 4.78 is 6.63. The van der Waals surface area contributed by atoms with Crippen LogP contribution >= 0.6 is 0 Å². The van der Waals surface area contributed by atoms with Crippen molar-refractivity contribution in [3.63, 3.8) is 0 Å². The van der Waals surface area contributed by atoms with E-state index in [9.17, 15) is 0 Å². The standard InChI is InChI=1S/C47H33N3O/c1-32-45(35-17-8-3-9-18-35)48-47(49-46(32)36-19-10-4-11-20-36)37-27-30-40-43(31-37)51-42-24-14-23-41(44(40)42)50(38-21-12-5-13-22-38)39-28-25-34(26-29-39)33-15-6-2-7-16-33/h2-31H,1H3. The SMILES string of the molecule is Cc1c(-c2ccccc2)nc(-c2ccc3c(c2)oc2cccc(N(c4ccccc4)c4ccc(-c5ccccc5)cc4)c23)nc1-c1ccccc1. The molecule has 242 valence electrons. The van der Waals surface area contributed by atoms with Crippen molar-refractivity contribution in [2.75, 3.05) is 4.90 Å². The zero-order valence-electron chi connectivity index (χ0n) is 28.1. The Morgan fingerprint density at radius 3 is 1.55 bits per heavy atom. The molecule has 0 aliphatic rings. The largest absolute Gasteiger partial charge is 0.456 e. The van der Waals surface area contributed by atoms with Crippen LogP contribution in [0.4, 0.5) is 17.1 Å². The van der Waals surface area contributed by atoms with Crippen LogP contribution in [-0.2, 0) is 0 Å². The number of furan rings is 1. The minimum absolute atomic E-state index is 0.658. The first-order valence-electron chi connectivity index (χ1n) is 17.2. The zero-order chi connectivity index (χ0) is 34.1. The number of para-hydroxylation sites is 1. The maximum Gasteiger partial charge on any atom is 0.160 e. The predicted octanol–water partition coefficient (Wildman–Crippen LogP) is 12.8. The van der Waals surface area contributed by atoms with E-state index in [0.717, 1.165) is 72.6 Å². The lowest BCUT2D eigenvalue weighted by Crippen LogP contribution is -2.10. The van der Waals surface area contributed by atoms with Gasteiger partial charge >= 0.3 is 0 Å². The summed E-state index contributed by atoms with van der Waals surface area (Å²) in [5.74, 6) is 0.658.